The number of hydrogen-bond donors (Lipinski definition) is 1. The summed E-state index contributed by atoms with van der Waals surface area (Å²) in [7, 11) is 0. The van der Waals surface area contributed by atoms with Gasteiger partial charge in [0.25, 0.3) is 5.82 Å². The van der Waals surface area contributed by atoms with Crippen molar-refractivity contribution in [3.05, 3.63) is 36.0 Å². The van der Waals surface area contributed by atoms with Crippen molar-refractivity contribution in [2.24, 2.45) is 0 Å². The molecule has 2 heterocycles. The Morgan fingerprint density at radius 1 is 1.44 bits per heavy atom. The summed E-state index contributed by atoms with van der Waals surface area (Å²) in [5, 5.41) is 16.0. The number of rotatable bonds is 5. The van der Waals surface area contributed by atoms with Crippen molar-refractivity contribution in [3.63, 3.8) is 0 Å². The van der Waals surface area contributed by atoms with Gasteiger partial charge in [-0.1, -0.05) is 13.0 Å². The highest BCUT2D eigenvalue weighted by atomic mass is 15.3. The van der Waals surface area contributed by atoms with Crippen LogP contribution in [0, 0.1) is 11.3 Å². The van der Waals surface area contributed by atoms with E-state index in [1.807, 2.05) is 18.2 Å². The van der Waals surface area contributed by atoms with Crippen LogP contribution in [0.5, 0.6) is 0 Å². The molecule has 0 aliphatic heterocycles. The molecule has 0 radical (unpaired) electrons. The lowest BCUT2D eigenvalue weighted by molar-refractivity contribution is 0.681. The van der Waals surface area contributed by atoms with E-state index in [-0.39, 0.29) is 5.82 Å². The maximum atomic E-state index is 8.67. The maximum Gasteiger partial charge on any atom is 0.252 e. The summed E-state index contributed by atoms with van der Waals surface area (Å²) in [6.45, 7) is 3.53. The van der Waals surface area contributed by atoms with E-state index in [2.05, 4.69) is 27.3 Å². The lowest BCUT2D eigenvalue weighted by Crippen LogP contribution is -2.08. The topological polar surface area (TPSA) is 79.4 Å². The van der Waals surface area contributed by atoms with Crippen LogP contribution in [0.1, 0.15) is 24.7 Å². The average molecular weight is 242 g/mol. The molecule has 0 spiro atoms. The zero-order valence-electron chi connectivity index (χ0n) is 10.2. The second-order valence-electron chi connectivity index (χ2n) is 3.82. The van der Waals surface area contributed by atoms with E-state index in [0.29, 0.717) is 6.54 Å². The summed E-state index contributed by atoms with van der Waals surface area (Å²) < 4.78 is 1.63. The van der Waals surface area contributed by atoms with E-state index < -0.39 is 0 Å². The van der Waals surface area contributed by atoms with Crippen LogP contribution >= 0.6 is 0 Å². The number of aromatic nitrogens is 4. The minimum atomic E-state index is 0.182. The van der Waals surface area contributed by atoms with Gasteiger partial charge in [0, 0.05) is 18.3 Å². The fraction of sp³-hybridized carbons (Fsp3) is 0.333. The molecular formula is C12H14N6. The first kappa shape index (κ1) is 12.0. The zero-order chi connectivity index (χ0) is 12.8. The summed E-state index contributed by atoms with van der Waals surface area (Å²) in [5.41, 5.74) is 1.03. The van der Waals surface area contributed by atoms with Gasteiger partial charge in [-0.2, -0.15) is 5.26 Å². The lowest BCUT2D eigenvalue weighted by Gasteiger charge is -2.09. The van der Waals surface area contributed by atoms with E-state index in [4.69, 9.17) is 5.26 Å². The van der Waals surface area contributed by atoms with E-state index in [9.17, 15) is 0 Å². The Morgan fingerprint density at radius 2 is 2.33 bits per heavy atom. The molecule has 2 aromatic heterocycles. The van der Waals surface area contributed by atoms with Crippen molar-refractivity contribution in [3.8, 4) is 6.07 Å². The van der Waals surface area contributed by atoms with Gasteiger partial charge in [-0.05, 0) is 12.5 Å². The largest absolute Gasteiger partial charge is 0.370 e. The molecule has 1 N–H and O–H groups in total. The molecule has 0 saturated carbocycles. The Labute approximate surface area is 105 Å². The van der Waals surface area contributed by atoms with Crippen LogP contribution < -0.4 is 5.32 Å². The van der Waals surface area contributed by atoms with Crippen molar-refractivity contribution in [1.82, 2.24) is 19.7 Å². The molecule has 92 valence electrons. The van der Waals surface area contributed by atoms with Crippen molar-refractivity contribution in [2.45, 2.75) is 19.9 Å². The van der Waals surface area contributed by atoms with E-state index >= 15 is 0 Å². The summed E-state index contributed by atoms with van der Waals surface area (Å²) in [4.78, 5) is 8.17. The molecule has 2 aromatic rings. The third kappa shape index (κ3) is 2.83. The number of nitriles is 1. The van der Waals surface area contributed by atoms with Crippen LogP contribution in [0.3, 0.4) is 0 Å². The lowest BCUT2D eigenvalue weighted by atomic mass is 10.2. The van der Waals surface area contributed by atoms with Gasteiger partial charge in [0.2, 0.25) is 0 Å². The molecule has 6 nitrogen and oxygen atoms in total. The molecule has 18 heavy (non-hydrogen) atoms. The highest BCUT2D eigenvalue weighted by Crippen LogP contribution is 2.12. The molecule has 0 aromatic carbocycles. The first-order valence-electron chi connectivity index (χ1n) is 5.80. The van der Waals surface area contributed by atoms with Crippen molar-refractivity contribution in [1.29, 1.82) is 5.26 Å². The van der Waals surface area contributed by atoms with Gasteiger partial charge in [-0.15, -0.1) is 5.10 Å². The van der Waals surface area contributed by atoms with Gasteiger partial charge in [-0.3, -0.25) is 0 Å². The van der Waals surface area contributed by atoms with Crippen molar-refractivity contribution in [2.75, 3.05) is 11.9 Å². The molecule has 0 bridgehead atoms. The van der Waals surface area contributed by atoms with Crippen LogP contribution in [-0.4, -0.2) is 26.3 Å². The van der Waals surface area contributed by atoms with E-state index in [1.54, 1.807) is 17.2 Å². The number of nitrogens with one attached hydrogen (secondary N) is 1. The Morgan fingerprint density at radius 3 is 3.06 bits per heavy atom. The normalized spacial score (nSPS) is 10.0. The molecule has 0 saturated heterocycles. The van der Waals surface area contributed by atoms with Crippen LogP contribution in [0.4, 0.5) is 5.82 Å². The third-order valence-corrected chi connectivity index (χ3v) is 2.40. The maximum absolute atomic E-state index is 8.67. The van der Waals surface area contributed by atoms with E-state index in [1.165, 1.54) is 0 Å². The van der Waals surface area contributed by atoms with Crippen LogP contribution in [0.2, 0.25) is 0 Å². The minimum absolute atomic E-state index is 0.182. The minimum Gasteiger partial charge on any atom is -0.370 e. The highest BCUT2D eigenvalue weighted by molar-refractivity contribution is 5.43. The predicted molar refractivity (Wildman–Crippen MR) is 66.9 cm³/mol. The van der Waals surface area contributed by atoms with Crippen molar-refractivity contribution < 1.29 is 0 Å². The van der Waals surface area contributed by atoms with Crippen LogP contribution in [0.25, 0.3) is 0 Å². The number of pyridine rings is 1. The van der Waals surface area contributed by atoms with E-state index in [0.717, 1.165) is 24.3 Å². The summed E-state index contributed by atoms with van der Waals surface area (Å²) in [5.74, 6) is 1.04. The number of nitrogens with zero attached hydrogens (tertiary/aromatic N) is 5. The number of anilines is 1. The first-order chi connectivity index (χ1) is 8.83. The van der Waals surface area contributed by atoms with Gasteiger partial charge in [0.1, 0.15) is 18.2 Å². The Kier molecular flexibility index (Phi) is 3.86. The molecule has 0 amide bonds. The van der Waals surface area contributed by atoms with Gasteiger partial charge in [0.15, 0.2) is 0 Å². The van der Waals surface area contributed by atoms with Gasteiger partial charge >= 0.3 is 0 Å². The van der Waals surface area contributed by atoms with Crippen molar-refractivity contribution >= 4 is 5.82 Å². The Hall–Kier alpha value is -2.42. The summed E-state index contributed by atoms with van der Waals surface area (Å²) in [6, 6.07) is 5.78. The zero-order valence-corrected chi connectivity index (χ0v) is 10.2. The highest BCUT2D eigenvalue weighted by Gasteiger charge is 2.05. The smallest absolute Gasteiger partial charge is 0.252 e. The summed E-state index contributed by atoms with van der Waals surface area (Å²) in [6.07, 6.45) is 4.34. The SMILES string of the molecule is CCCNc1ncccc1Cn1cnc(C#N)n1. The molecule has 0 fully saturated rings. The Bertz CT molecular complexity index is 554. The first-order valence-corrected chi connectivity index (χ1v) is 5.80. The Balaban J connectivity index is 2.15. The molecule has 2 rings (SSSR count). The second-order valence-corrected chi connectivity index (χ2v) is 3.82. The van der Waals surface area contributed by atoms with Crippen LogP contribution in [0.15, 0.2) is 24.7 Å². The molecule has 6 heteroatoms. The standard InChI is InChI=1S/C12H14N6/c1-2-5-14-12-10(4-3-6-15-12)8-18-9-16-11(7-13)17-18/h3-4,6,9H,2,5,8H2,1H3,(H,14,15). The van der Waals surface area contributed by atoms with Crippen LogP contribution in [-0.2, 0) is 6.54 Å². The third-order valence-electron chi connectivity index (χ3n) is 2.40. The fourth-order valence-corrected chi connectivity index (χ4v) is 1.57. The van der Waals surface area contributed by atoms with Gasteiger partial charge in [0.05, 0.1) is 6.54 Å². The molecule has 0 unspecified atom stereocenters. The molecular weight excluding hydrogens is 228 g/mol. The molecule has 0 atom stereocenters. The predicted octanol–water partition coefficient (Wildman–Crippen LogP) is 1.41. The quantitative estimate of drug-likeness (QED) is 0.857. The molecule has 0 aliphatic rings. The second kappa shape index (κ2) is 5.77. The summed E-state index contributed by atoms with van der Waals surface area (Å²) >= 11 is 0. The van der Waals surface area contributed by atoms with Gasteiger partial charge in [-0.25, -0.2) is 14.6 Å². The number of hydrogen-bond acceptors (Lipinski definition) is 5. The molecule has 0 aliphatic carbocycles. The average Bonchev–Trinajstić information content (AvgIpc) is 2.85. The van der Waals surface area contributed by atoms with Gasteiger partial charge < -0.3 is 5.32 Å². The fourth-order valence-electron chi connectivity index (χ4n) is 1.57. The monoisotopic (exact) mass is 242 g/mol.